The topological polar surface area (TPSA) is 114 Å². The number of hydrogen-bond donors (Lipinski definition) is 1. The van der Waals surface area contributed by atoms with Gasteiger partial charge in [-0.1, -0.05) is 60.7 Å². The number of anilines is 1. The predicted molar refractivity (Wildman–Crippen MR) is 177 cm³/mol. The van der Waals surface area contributed by atoms with Gasteiger partial charge in [-0.15, -0.1) is 0 Å². The lowest BCUT2D eigenvalue weighted by molar-refractivity contribution is -0.139. The monoisotopic (exact) mass is 645 g/mol. The molecule has 4 aromatic carbocycles. The Morgan fingerprint density at radius 3 is 1.98 bits per heavy atom. The van der Waals surface area contributed by atoms with Gasteiger partial charge in [-0.25, -0.2) is 8.42 Å². The summed E-state index contributed by atoms with van der Waals surface area (Å²) in [4.78, 5) is 29.1. The maximum Gasteiger partial charge on any atom is 0.264 e. The molecule has 0 spiro atoms. The molecule has 0 fully saturated rings. The molecule has 0 heterocycles. The fourth-order valence-corrected chi connectivity index (χ4v) is 6.44. The average molecular weight is 646 g/mol. The van der Waals surface area contributed by atoms with E-state index in [0.29, 0.717) is 18.1 Å². The fraction of sp³-hybridized carbons (Fsp3) is 0.257. The van der Waals surface area contributed by atoms with Crippen molar-refractivity contribution in [3.8, 4) is 17.2 Å². The molecule has 46 heavy (non-hydrogen) atoms. The number of benzene rings is 4. The second-order valence-electron chi connectivity index (χ2n) is 10.3. The van der Waals surface area contributed by atoms with E-state index in [2.05, 4.69) is 5.32 Å². The Hall–Kier alpha value is -5.03. The smallest absolute Gasteiger partial charge is 0.264 e. The number of carbonyl (C=O) groups is 2. The molecule has 0 saturated heterocycles. The van der Waals surface area contributed by atoms with E-state index in [1.54, 1.807) is 24.3 Å². The highest BCUT2D eigenvalue weighted by molar-refractivity contribution is 7.92. The summed E-state index contributed by atoms with van der Waals surface area (Å²) in [6, 6.07) is 28.4. The van der Waals surface area contributed by atoms with E-state index in [9.17, 15) is 18.0 Å². The van der Waals surface area contributed by atoms with E-state index in [-0.39, 0.29) is 35.2 Å². The molecule has 0 aliphatic heterocycles. The highest BCUT2D eigenvalue weighted by atomic mass is 32.2. The van der Waals surface area contributed by atoms with E-state index in [1.807, 2.05) is 67.6 Å². The molecular formula is C35H39N3O7S. The van der Waals surface area contributed by atoms with Gasteiger partial charge in [0.25, 0.3) is 10.0 Å². The number of likely N-dealkylation sites (N-methyl/N-ethyl adjacent to an activating group) is 1. The third-order valence-corrected chi connectivity index (χ3v) is 9.14. The zero-order chi connectivity index (χ0) is 33.1. The number of sulfonamides is 1. The van der Waals surface area contributed by atoms with Crippen molar-refractivity contribution in [2.45, 2.75) is 30.8 Å². The number of hydrogen-bond acceptors (Lipinski definition) is 7. The van der Waals surface area contributed by atoms with Crippen LogP contribution in [0, 0.1) is 0 Å². The highest BCUT2D eigenvalue weighted by Crippen LogP contribution is 2.33. The van der Waals surface area contributed by atoms with Gasteiger partial charge in [-0.2, -0.15) is 0 Å². The van der Waals surface area contributed by atoms with Gasteiger partial charge >= 0.3 is 0 Å². The Morgan fingerprint density at radius 1 is 0.804 bits per heavy atom. The van der Waals surface area contributed by atoms with Crippen LogP contribution in [0.15, 0.2) is 108 Å². The van der Waals surface area contributed by atoms with Gasteiger partial charge in [0.05, 0.1) is 31.4 Å². The van der Waals surface area contributed by atoms with Crippen molar-refractivity contribution < 1.29 is 32.2 Å². The largest absolute Gasteiger partial charge is 0.494 e. The summed E-state index contributed by atoms with van der Waals surface area (Å²) >= 11 is 0. The van der Waals surface area contributed by atoms with Crippen molar-refractivity contribution in [3.05, 3.63) is 114 Å². The molecule has 0 bridgehead atoms. The average Bonchev–Trinajstić information content (AvgIpc) is 3.09. The van der Waals surface area contributed by atoms with E-state index >= 15 is 0 Å². The van der Waals surface area contributed by atoms with Gasteiger partial charge in [0, 0.05) is 26.1 Å². The number of amides is 2. The van der Waals surface area contributed by atoms with Gasteiger partial charge in [-0.3, -0.25) is 13.9 Å². The first-order valence-corrected chi connectivity index (χ1v) is 16.2. The molecule has 4 aromatic rings. The van der Waals surface area contributed by atoms with Crippen molar-refractivity contribution in [3.63, 3.8) is 0 Å². The summed E-state index contributed by atoms with van der Waals surface area (Å²) in [6.07, 6.45) is 0.227. The number of nitrogens with one attached hydrogen (secondary N) is 1. The van der Waals surface area contributed by atoms with Gasteiger partial charge in [0.2, 0.25) is 11.8 Å². The Morgan fingerprint density at radius 2 is 1.41 bits per heavy atom. The van der Waals surface area contributed by atoms with Crippen LogP contribution in [0.25, 0.3) is 0 Å². The molecular weight excluding hydrogens is 606 g/mol. The maximum atomic E-state index is 14.4. The van der Waals surface area contributed by atoms with Crippen LogP contribution in [0.4, 0.5) is 5.69 Å². The summed E-state index contributed by atoms with van der Waals surface area (Å²) in [7, 11) is 0.0401. The second-order valence-corrected chi connectivity index (χ2v) is 12.1. The second kappa shape index (κ2) is 15.8. The number of methoxy groups -OCH3 is 2. The van der Waals surface area contributed by atoms with Crippen molar-refractivity contribution >= 4 is 27.5 Å². The van der Waals surface area contributed by atoms with Crippen molar-refractivity contribution in [1.82, 2.24) is 10.2 Å². The van der Waals surface area contributed by atoms with Gasteiger partial charge in [-0.05, 0) is 54.4 Å². The Balaban J connectivity index is 1.80. The Labute approximate surface area is 270 Å². The van der Waals surface area contributed by atoms with Crippen molar-refractivity contribution in [2.75, 3.05) is 38.7 Å². The fourth-order valence-electron chi connectivity index (χ4n) is 5.01. The van der Waals surface area contributed by atoms with Crippen LogP contribution in [0.5, 0.6) is 17.2 Å². The zero-order valence-corrected chi connectivity index (χ0v) is 27.2. The quantitative estimate of drug-likeness (QED) is 0.200. The molecule has 242 valence electrons. The van der Waals surface area contributed by atoms with Crippen LogP contribution in [-0.4, -0.2) is 65.6 Å². The molecule has 0 saturated carbocycles. The lowest BCUT2D eigenvalue weighted by Gasteiger charge is -2.33. The Bertz CT molecular complexity index is 1700. The summed E-state index contributed by atoms with van der Waals surface area (Å²) in [5.41, 5.74) is 1.88. The molecule has 0 aliphatic carbocycles. The van der Waals surface area contributed by atoms with E-state index in [4.69, 9.17) is 14.2 Å². The molecule has 10 nitrogen and oxygen atoms in total. The first kappa shape index (κ1) is 33.9. The lowest BCUT2D eigenvalue weighted by Crippen LogP contribution is -2.53. The first-order valence-electron chi connectivity index (χ1n) is 14.8. The van der Waals surface area contributed by atoms with Gasteiger partial charge < -0.3 is 24.4 Å². The number of nitrogens with zero attached hydrogens (tertiary/aromatic N) is 2. The van der Waals surface area contributed by atoms with Gasteiger partial charge in [0.15, 0.2) is 11.5 Å². The third-order valence-electron chi connectivity index (χ3n) is 7.37. The van der Waals surface area contributed by atoms with Crippen molar-refractivity contribution in [2.24, 2.45) is 0 Å². The molecule has 0 aromatic heterocycles. The molecule has 1 atom stereocenters. The number of ether oxygens (including phenoxy) is 3. The third kappa shape index (κ3) is 8.16. The van der Waals surface area contributed by atoms with Crippen LogP contribution < -0.4 is 23.8 Å². The summed E-state index contributed by atoms with van der Waals surface area (Å²) < 4.78 is 45.9. The molecule has 2 amide bonds. The van der Waals surface area contributed by atoms with Gasteiger partial charge in [0.1, 0.15) is 18.3 Å². The normalized spacial score (nSPS) is 11.7. The van der Waals surface area contributed by atoms with Crippen LogP contribution in [0.3, 0.4) is 0 Å². The minimum Gasteiger partial charge on any atom is -0.494 e. The molecule has 11 heteroatoms. The SMILES string of the molecule is CCOc1ccc(N(CC(=O)N(Cc2ccccc2)[C@@H](Cc2ccccc2)C(=O)NC)S(=O)(=O)c2ccc(OC)c(OC)c2)cc1. The van der Waals surface area contributed by atoms with Crippen LogP contribution >= 0.6 is 0 Å². The van der Waals surface area contributed by atoms with Crippen molar-refractivity contribution in [1.29, 1.82) is 0 Å². The van der Waals surface area contributed by atoms with Crippen LogP contribution in [-0.2, 0) is 32.6 Å². The minimum atomic E-state index is -4.34. The number of rotatable bonds is 15. The molecule has 0 unspecified atom stereocenters. The minimum absolute atomic E-state index is 0.0815. The highest BCUT2D eigenvalue weighted by Gasteiger charge is 2.34. The summed E-state index contributed by atoms with van der Waals surface area (Å²) in [6.45, 7) is 1.78. The predicted octanol–water partition coefficient (Wildman–Crippen LogP) is 4.68. The summed E-state index contributed by atoms with van der Waals surface area (Å²) in [5.74, 6) is 0.187. The molecule has 4 rings (SSSR count). The molecule has 0 aliphatic rings. The van der Waals surface area contributed by atoms with Crippen LogP contribution in [0.1, 0.15) is 18.1 Å². The van der Waals surface area contributed by atoms with E-state index < -0.39 is 28.5 Å². The lowest BCUT2D eigenvalue weighted by atomic mass is 10.0. The number of carbonyl (C=O) groups excluding carboxylic acids is 2. The van der Waals surface area contributed by atoms with Crippen LogP contribution in [0.2, 0.25) is 0 Å². The molecule has 0 radical (unpaired) electrons. The standard InChI is InChI=1S/C35H39N3O7S/c1-5-45-29-18-16-28(17-19-29)38(46(41,42)30-20-21-32(43-3)33(23-30)44-4)25-34(39)37(24-27-14-10-7-11-15-27)31(35(40)36-2)22-26-12-8-6-9-13-26/h6-21,23,31H,5,22,24-25H2,1-4H3,(H,36,40)/t31-/m0/s1. The Kier molecular flexibility index (Phi) is 11.6. The molecule has 1 N–H and O–H groups in total. The zero-order valence-electron chi connectivity index (χ0n) is 26.4. The maximum absolute atomic E-state index is 14.4. The van der Waals surface area contributed by atoms with E-state index in [1.165, 1.54) is 44.4 Å². The van der Waals surface area contributed by atoms with E-state index in [0.717, 1.165) is 15.4 Å². The summed E-state index contributed by atoms with van der Waals surface area (Å²) in [5, 5.41) is 2.68. The first-order chi connectivity index (χ1) is 22.2.